The first-order valence-corrected chi connectivity index (χ1v) is 8.91. The molecule has 0 bridgehead atoms. The molecule has 1 heterocycles. The highest BCUT2D eigenvalue weighted by Gasteiger charge is 2.12. The quantitative estimate of drug-likeness (QED) is 0.589. The highest BCUT2D eigenvalue weighted by atomic mass is 16.1. The third kappa shape index (κ3) is 3.87. The number of carbonyl (C=O) groups excluding carboxylic acids is 1. The molecule has 1 amide bonds. The molecule has 0 atom stereocenters. The zero-order valence-corrected chi connectivity index (χ0v) is 15.1. The Morgan fingerprint density at radius 1 is 0.926 bits per heavy atom. The molecule has 4 aromatic rings. The number of amides is 1. The number of anilines is 1. The lowest BCUT2D eigenvalue weighted by molar-refractivity contribution is -0.115. The molecule has 5 heteroatoms. The molecule has 0 saturated carbocycles. The van der Waals surface area contributed by atoms with E-state index in [0.29, 0.717) is 24.2 Å². The van der Waals surface area contributed by atoms with E-state index in [1.807, 2.05) is 79.7 Å². The first-order chi connectivity index (χ1) is 13.2. The van der Waals surface area contributed by atoms with Crippen LogP contribution < -0.4 is 5.32 Å². The van der Waals surface area contributed by atoms with Crippen LogP contribution in [0, 0.1) is 6.92 Å². The Hall–Kier alpha value is -3.47. The fourth-order valence-corrected chi connectivity index (χ4v) is 3.07. The molecule has 5 nitrogen and oxygen atoms in total. The van der Waals surface area contributed by atoms with Crippen LogP contribution in [0.1, 0.15) is 16.7 Å². The van der Waals surface area contributed by atoms with E-state index >= 15 is 0 Å². The van der Waals surface area contributed by atoms with Gasteiger partial charge in [-0.15, -0.1) is 0 Å². The average Bonchev–Trinajstić information content (AvgIpc) is 3.08. The Balaban J connectivity index is 1.55. The number of nitrogens with one attached hydrogen (secondary N) is 1. The van der Waals surface area contributed by atoms with Gasteiger partial charge in [0.15, 0.2) is 0 Å². The van der Waals surface area contributed by atoms with Crippen LogP contribution in [-0.2, 0) is 17.8 Å². The van der Waals surface area contributed by atoms with Crippen molar-refractivity contribution in [3.63, 3.8) is 0 Å². The summed E-state index contributed by atoms with van der Waals surface area (Å²) < 4.78 is 0. The number of aryl methyl sites for hydroxylation is 1. The average molecular weight is 356 g/mol. The molecular formula is C22H20N4O. The number of hydrogen-bond donors (Lipinski definition) is 1. The minimum Gasteiger partial charge on any atom is -0.324 e. The van der Waals surface area contributed by atoms with E-state index in [0.717, 1.165) is 22.2 Å². The Morgan fingerprint density at radius 2 is 1.70 bits per heavy atom. The lowest BCUT2D eigenvalue weighted by atomic mass is 10.1. The number of rotatable bonds is 5. The van der Waals surface area contributed by atoms with E-state index in [1.165, 1.54) is 0 Å². The van der Waals surface area contributed by atoms with Crippen LogP contribution in [0.25, 0.3) is 11.0 Å². The summed E-state index contributed by atoms with van der Waals surface area (Å²) in [6.45, 7) is 2.60. The molecule has 0 fully saturated rings. The highest BCUT2D eigenvalue weighted by molar-refractivity contribution is 5.99. The van der Waals surface area contributed by atoms with Crippen molar-refractivity contribution in [3.8, 4) is 0 Å². The van der Waals surface area contributed by atoms with Crippen LogP contribution in [0.2, 0.25) is 0 Å². The highest BCUT2D eigenvalue weighted by Crippen LogP contribution is 2.20. The smallest absolute Gasteiger partial charge is 0.228 e. The van der Waals surface area contributed by atoms with Gasteiger partial charge in [-0.2, -0.15) is 15.0 Å². The zero-order valence-electron chi connectivity index (χ0n) is 15.1. The van der Waals surface area contributed by atoms with Crippen LogP contribution in [0.15, 0.2) is 72.8 Å². The van der Waals surface area contributed by atoms with Gasteiger partial charge in [-0.05, 0) is 35.7 Å². The van der Waals surface area contributed by atoms with Gasteiger partial charge in [0.05, 0.1) is 18.7 Å². The fraction of sp³-hybridized carbons (Fsp3) is 0.136. The zero-order chi connectivity index (χ0) is 18.6. The second kappa shape index (κ2) is 7.41. The standard InChI is InChI=1S/C22H20N4O/c1-16-8-5-6-11-18(16)14-21(27)23-19-12-7-13-20-22(19)25-26(24-20)15-17-9-3-2-4-10-17/h2-13H,14-15H2,1H3,(H,23,27). The maximum absolute atomic E-state index is 12.5. The summed E-state index contributed by atoms with van der Waals surface area (Å²) >= 11 is 0. The molecule has 0 spiro atoms. The molecule has 0 aliphatic rings. The molecule has 0 unspecified atom stereocenters. The van der Waals surface area contributed by atoms with Crippen LogP contribution in [0.5, 0.6) is 0 Å². The summed E-state index contributed by atoms with van der Waals surface area (Å²) in [6, 6.07) is 23.6. The van der Waals surface area contributed by atoms with Gasteiger partial charge in [-0.1, -0.05) is 60.7 Å². The third-order valence-corrected chi connectivity index (χ3v) is 4.51. The van der Waals surface area contributed by atoms with Crippen molar-refractivity contribution in [1.82, 2.24) is 15.0 Å². The van der Waals surface area contributed by atoms with Crippen molar-refractivity contribution >= 4 is 22.6 Å². The van der Waals surface area contributed by atoms with Gasteiger partial charge in [0.25, 0.3) is 0 Å². The van der Waals surface area contributed by atoms with E-state index in [-0.39, 0.29) is 5.91 Å². The maximum atomic E-state index is 12.5. The topological polar surface area (TPSA) is 59.8 Å². The van der Waals surface area contributed by atoms with Gasteiger partial charge in [0, 0.05) is 0 Å². The second-order valence-electron chi connectivity index (χ2n) is 6.54. The largest absolute Gasteiger partial charge is 0.324 e. The number of benzene rings is 3. The van der Waals surface area contributed by atoms with Crippen LogP contribution in [-0.4, -0.2) is 20.9 Å². The molecule has 0 aliphatic heterocycles. The van der Waals surface area contributed by atoms with E-state index in [2.05, 4.69) is 15.5 Å². The normalized spacial score (nSPS) is 10.9. The molecule has 27 heavy (non-hydrogen) atoms. The summed E-state index contributed by atoms with van der Waals surface area (Å²) in [4.78, 5) is 14.2. The Bertz CT molecular complexity index is 1090. The minimum atomic E-state index is -0.0607. The predicted octanol–water partition coefficient (Wildman–Crippen LogP) is 3.97. The lowest BCUT2D eigenvalue weighted by Crippen LogP contribution is -2.15. The van der Waals surface area contributed by atoms with Gasteiger partial charge in [-0.3, -0.25) is 4.79 Å². The number of fused-ring (bicyclic) bond motifs is 1. The number of nitrogens with zero attached hydrogens (tertiary/aromatic N) is 3. The summed E-state index contributed by atoms with van der Waals surface area (Å²) in [6.07, 6.45) is 0.335. The Labute approximate surface area is 157 Å². The van der Waals surface area contributed by atoms with Crippen molar-refractivity contribution in [2.45, 2.75) is 19.9 Å². The van der Waals surface area contributed by atoms with Crippen molar-refractivity contribution in [2.75, 3.05) is 5.32 Å². The minimum absolute atomic E-state index is 0.0607. The van der Waals surface area contributed by atoms with Crippen LogP contribution in [0.3, 0.4) is 0 Å². The van der Waals surface area contributed by atoms with Crippen molar-refractivity contribution in [2.24, 2.45) is 0 Å². The van der Waals surface area contributed by atoms with E-state index in [1.54, 1.807) is 4.80 Å². The molecule has 4 rings (SSSR count). The SMILES string of the molecule is Cc1ccccc1CC(=O)Nc1cccc2nn(Cc3ccccc3)nc12. The first-order valence-electron chi connectivity index (χ1n) is 8.91. The fourth-order valence-electron chi connectivity index (χ4n) is 3.07. The van der Waals surface area contributed by atoms with Gasteiger partial charge >= 0.3 is 0 Å². The summed E-state index contributed by atoms with van der Waals surface area (Å²) in [5, 5.41) is 12.1. The third-order valence-electron chi connectivity index (χ3n) is 4.51. The number of carbonyl (C=O) groups is 1. The molecule has 3 aromatic carbocycles. The Morgan fingerprint density at radius 3 is 2.52 bits per heavy atom. The van der Waals surface area contributed by atoms with E-state index < -0.39 is 0 Å². The maximum Gasteiger partial charge on any atom is 0.228 e. The predicted molar refractivity (Wildman–Crippen MR) is 107 cm³/mol. The monoisotopic (exact) mass is 356 g/mol. The molecule has 1 aromatic heterocycles. The van der Waals surface area contributed by atoms with Gasteiger partial charge < -0.3 is 5.32 Å². The lowest BCUT2D eigenvalue weighted by Gasteiger charge is -2.07. The second-order valence-corrected chi connectivity index (χ2v) is 6.54. The summed E-state index contributed by atoms with van der Waals surface area (Å²) in [5.74, 6) is -0.0607. The molecule has 0 aliphatic carbocycles. The Kier molecular flexibility index (Phi) is 4.66. The van der Waals surface area contributed by atoms with Crippen molar-refractivity contribution in [1.29, 1.82) is 0 Å². The molecular weight excluding hydrogens is 336 g/mol. The van der Waals surface area contributed by atoms with Crippen LogP contribution in [0.4, 0.5) is 5.69 Å². The number of hydrogen-bond acceptors (Lipinski definition) is 3. The van der Waals surface area contributed by atoms with Crippen molar-refractivity contribution in [3.05, 3.63) is 89.5 Å². The molecule has 1 N–H and O–H groups in total. The van der Waals surface area contributed by atoms with Gasteiger partial charge in [-0.25, -0.2) is 0 Å². The van der Waals surface area contributed by atoms with E-state index in [4.69, 9.17) is 0 Å². The molecule has 0 saturated heterocycles. The van der Waals surface area contributed by atoms with Crippen molar-refractivity contribution < 1.29 is 4.79 Å². The summed E-state index contributed by atoms with van der Waals surface area (Å²) in [7, 11) is 0. The van der Waals surface area contributed by atoms with E-state index in [9.17, 15) is 4.79 Å². The van der Waals surface area contributed by atoms with Crippen LogP contribution >= 0.6 is 0 Å². The number of aromatic nitrogens is 3. The summed E-state index contributed by atoms with van der Waals surface area (Å²) in [5.41, 5.74) is 5.41. The first kappa shape index (κ1) is 17.0. The molecule has 134 valence electrons. The van der Waals surface area contributed by atoms with Gasteiger partial charge in [0.2, 0.25) is 5.91 Å². The molecule has 0 radical (unpaired) electrons. The van der Waals surface area contributed by atoms with Gasteiger partial charge in [0.1, 0.15) is 11.0 Å².